The SMILES string of the molecule is Cc1nn(Cc2ccc(F)cc2)c2sc(C(=O)NC3CN(C4CC4)CC3C)cc12. The number of hydrogen-bond acceptors (Lipinski definition) is 4. The maximum absolute atomic E-state index is 13.2. The van der Waals surface area contributed by atoms with Crippen LogP contribution in [0.15, 0.2) is 30.3 Å². The second kappa shape index (κ2) is 7.22. The van der Waals surface area contributed by atoms with E-state index in [-0.39, 0.29) is 17.8 Å². The van der Waals surface area contributed by atoms with E-state index in [2.05, 4.69) is 22.2 Å². The Morgan fingerprint density at radius 2 is 2.03 bits per heavy atom. The highest BCUT2D eigenvalue weighted by Gasteiger charge is 2.38. The average Bonchev–Trinajstić information content (AvgIpc) is 3.24. The van der Waals surface area contributed by atoms with Crippen molar-refractivity contribution in [3.63, 3.8) is 0 Å². The van der Waals surface area contributed by atoms with Gasteiger partial charge < -0.3 is 5.32 Å². The fourth-order valence-corrected chi connectivity index (χ4v) is 5.33. The van der Waals surface area contributed by atoms with E-state index in [1.54, 1.807) is 12.1 Å². The molecule has 7 heteroatoms. The van der Waals surface area contributed by atoms with Crippen LogP contribution in [0, 0.1) is 18.7 Å². The molecule has 1 amide bonds. The lowest BCUT2D eigenvalue weighted by molar-refractivity contribution is 0.0935. The number of likely N-dealkylation sites (tertiary alicyclic amines) is 1. The minimum Gasteiger partial charge on any atom is -0.347 e. The number of hydrogen-bond donors (Lipinski definition) is 1. The molecule has 0 bridgehead atoms. The highest BCUT2D eigenvalue weighted by Crippen LogP contribution is 2.33. The van der Waals surface area contributed by atoms with Crippen LogP contribution in [-0.2, 0) is 6.54 Å². The normalized spacial score (nSPS) is 22.4. The van der Waals surface area contributed by atoms with Crippen LogP contribution in [0.2, 0.25) is 0 Å². The number of nitrogens with one attached hydrogen (secondary N) is 1. The van der Waals surface area contributed by atoms with Crippen molar-refractivity contribution < 1.29 is 9.18 Å². The molecule has 2 aromatic heterocycles. The van der Waals surface area contributed by atoms with Crippen molar-refractivity contribution in [2.24, 2.45) is 5.92 Å². The number of carbonyl (C=O) groups is 1. The first-order chi connectivity index (χ1) is 14.0. The van der Waals surface area contributed by atoms with Crippen LogP contribution in [0.1, 0.15) is 40.7 Å². The van der Waals surface area contributed by atoms with Crippen LogP contribution < -0.4 is 5.32 Å². The topological polar surface area (TPSA) is 50.2 Å². The molecule has 5 rings (SSSR count). The summed E-state index contributed by atoms with van der Waals surface area (Å²) >= 11 is 1.48. The van der Waals surface area contributed by atoms with Crippen molar-refractivity contribution in [2.75, 3.05) is 13.1 Å². The lowest BCUT2D eigenvalue weighted by Crippen LogP contribution is -2.39. The zero-order valence-electron chi connectivity index (χ0n) is 16.7. The minimum absolute atomic E-state index is 0.00780. The summed E-state index contributed by atoms with van der Waals surface area (Å²) in [6.07, 6.45) is 2.60. The molecule has 1 aliphatic carbocycles. The van der Waals surface area contributed by atoms with E-state index in [0.717, 1.165) is 45.5 Å². The molecule has 5 nitrogen and oxygen atoms in total. The Bertz CT molecular complexity index is 1050. The number of thiophene rings is 1. The molecule has 0 radical (unpaired) electrons. The van der Waals surface area contributed by atoms with Crippen molar-refractivity contribution in [3.8, 4) is 0 Å². The number of aryl methyl sites for hydroxylation is 1. The van der Waals surface area contributed by atoms with Gasteiger partial charge in [-0.2, -0.15) is 5.10 Å². The number of halogens is 1. The van der Waals surface area contributed by atoms with Gasteiger partial charge in [-0.15, -0.1) is 11.3 Å². The minimum atomic E-state index is -0.244. The summed E-state index contributed by atoms with van der Waals surface area (Å²) in [4.78, 5) is 17.2. The average molecular weight is 413 g/mol. The molecule has 1 saturated carbocycles. The molecular formula is C22H25FN4OS. The molecule has 3 heterocycles. The number of aromatic nitrogens is 2. The predicted molar refractivity (Wildman–Crippen MR) is 113 cm³/mol. The molecule has 2 fully saturated rings. The molecule has 1 aromatic carbocycles. The summed E-state index contributed by atoms with van der Waals surface area (Å²) in [5.74, 6) is 0.241. The van der Waals surface area contributed by atoms with Gasteiger partial charge in [-0.1, -0.05) is 19.1 Å². The van der Waals surface area contributed by atoms with Gasteiger partial charge in [0, 0.05) is 30.6 Å². The van der Waals surface area contributed by atoms with E-state index in [1.165, 1.54) is 36.3 Å². The highest BCUT2D eigenvalue weighted by atomic mass is 32.1. The highest BCUT2D eigenvalue weighted by molar-refractivity contribution is 7.20. The fraction of sp³-hybridized carbons (Fsp3) is 0.455. The van der Waals surface area contributed by atoms with E-state index in [0.29, 0.717) is 12.5 Å². The second-order valence-corrected chi connectivity index (χ2v) is 9.47. The Morgan fingerprint density at radius 3 is 2.76 bits per heavy atom. The molecule has 0 spiro atoms. The summed E-state index contributed by atoms with van der Waals surface area (Å²) in [5, 5.41) is 8.89. The standard InChI is InChI=1S/C22H25FN4OS/c1-13-10-26(17-7-8-17)12-19(13)24-21(28)20-9-18-14(2)25-27(22(18)29-20)11-15-3-5-16(23)6-4-15/h3-6,9,13,17,19H,7-8,10-12H2,1-2H3,(H,24,28). The Labute approximate surface area is 173 Å². The van der Waals surface area contributed by atoms with Gasteiger partial charge in [-0.25, -0.2) is 4.39 Å². The molecular weight excluding hydrogens is 387 g/mol. The Balaban J connectivity index is 1.34. The smallest absolute Gasteiger partial charge is 0.261 e. The number of amides is 1. The molecule has 3 aromatic rings. The monoisotopic (exact) mass is 412 g/mol. The van der Waals surface area contributed by atoms with Gasteiger partial charge in [0.25, 0.3) is 5.91 Å². The molecule has 1 aliphatic heterocycles. The van der Waals surface area contributed by atoms with Gasteiger partial charge in [0.15, 0.2) is 0 Å². The van der Waals surface area contributed by atoms with Gasteiger partial charge >= 0.3 is 0 Å². The van der Waals surface area contributed by atoms with Crippen LogP contribution in [0.3, 0.4) is 0 Å². The number of benzene rings is 1. The third-order valence-electron chi connectivity index (χ3n) is 6.10. The van der Waals surface area contributed by atoms with Crippen molar-refractivity contribution in [3.05, 3.63) is 52.3 Å². The van der Waals surface area contributed by atoms with Gasteiger partial charge in [0.2, 0.25) is 0 Å². The summed E-state index contributed by atoms with van der Waals surface area (Å²) in [5.41, 5.74) is 1.89. The van der Waals surface area contributed by atoms with Crippen LogP contribution in [-0.4, -0.2) is 45.8 Å². The van der Waals surface area contributed by atoms with Crippen LogP contribution in [0.5, 0.6) is 0 Å². The number of carbonyl (C=O) groups excluding carboxylic acids is 1. The van der Waals surface area contributed by atoms with E-state index >= 15 is 0 Å². The maximum Gasteiger partial charge on any atom is 0.261 e. The zero-order chi connectivity index (χ0) is 20.1. The molecule has 2 aliphatic rings. The van der Waals surface area contributed by atoms with Crippen molar-refractivity contribution in [1.82, 2.24) is 20.0 Å². The van der Waals surface area contributed by atoms with Crippen LogP contribution >= 0.6 is 11.3 Å². The number of fused-ring (bicyclic) bond motifs is 1. The van der Waals surface area contributed by atoms with Crippen molar-refractivity contribution in [2.45, 2.75) is 45.3 Å². The summed E-state index contributed by atoms with van der Waals surface area (Å²) < 4.78 is 15.1. The third-order valence-corrected chi connectivity index (χ3v) is 7.24. The van der Waals surface area contributed by atoms with E-state index in [9.17, 15) is 9.18 Å². The summed E-state index contributed by atoms with van der Waals surface area (Å²) in [7, 11) is 0. The molecule has 2 unspecified atom stereocenters. The Kier molecular flexibility index (Phi) is 4.67. The summed E-state index contributed by atoms with van der Waals surface area (Å²) in [6.45, 7) is 6.78. The molecule has 29 heavy (non-hydrogen) atoms. The number of nitrogens with zero attached hydrogens (tertiary/aromatic N) is 3. The molecule has 1 saturated heterocycles. The quantitative estimate of drug-likeness (QED) is 0.693. The first kappa shape index (κ1) is 18.8. The van der Waals surface area contributed by atoms with Crippen molar-refractivity contribution in [1.29, 1.82) is 0 Å². The summed E-state index contributed by atoms with van der Waals surface area (Å²) in [6, 6.07) is 9.37. The first-order valence-corrected chi connectivity index (χ1v) is 11.1. The van der Waals surface area contributed by atoms with E-state index in [4.69, 9.17) is 0 Å². The van der Waals surface area contributed by atoms with E-state index < -0.39 is 0 Å². The lowest BCUT2D eigenvalue weighted by atomic mass is 10.1. The maximum atomic E-state index is 13.2. The van der Waals surface area contributed by atoms with Crippen LogP contribution in [0.25, 0.3) is 10.2 Å². The van der Waals surface area contributed by atoms with Crippen LogP contribution in [0.4, 0.5) is 4.39 Å². The molecule has 2 atom stereocenters. The molecule has 1 N–H and O–H groups in total. The Hall–Kier alpha value is -2.25. The third kappa shape index (κ3) is 3.69. The lowest BCUT2D eigenvalue weighted by Gasteiger charge is -2.16. The number of rotatable bonds is 5. The fourth-order valence-electron chi connectivity index (χ4n) is 4.26. The predicted octanol–water partition coefficient (Wildman–Crippen LogP) is 3.81. The van der Waals surface area contributed by atoms with Gasteiger partial charge in [-0.3, -0.25) is 14.4 Å². The Morgan fingerprint density at radius 1 is 1.28 bits per heavy atom. The molecule has 152 valence electrons. The van der Waals surface area contributed by atoms with Gasteiger partial charge in [0.05, 0.1) is 17.1 Å². The van der Waals surface area contributed by atoms with E-state index in [1.807, 2.05) is 17.7 Å². The van der Waals surface area contributed by atoms with Crippen molar-refractivity contribution >= 4 is 27.5 Å². The second-order valence-electron chi connectivity index (χ2n) is 8.44. The first-order valence-electron chi connectivity index (χ1n) is 10.2. The zero-order valence-corrected chi connectivity index (χ0v) is 17.5. The van der Waals surface area contributed by atoms with Gasteiger partial charge in [0.1, 0.15) is 10.6 Å². The largest absolute Gasteiger partial charge is 0.347 e. The van der Waals surface area contributed by atoms with Gasteiger partial charge in [-0.05, 0) is 49.4 Å².